The fraction of sp³-hybridized carbons (Fsp3) is 0.625. The van der Waals surface area contributed by atoms with Gasteiger partial charge in [0.15, 0.2) is 0 Å². The highest BCUT2D eigenvalue weighted by molar-refractivity contribution is 7.98. The van der Waals surface area contributed by atoms with Gasteiger partial charge in [0.25, 0.3) is 0 Å². The molecule has 1 atom stereocenters. The van der Waals surface area contributed by atoms with Crippen LogP contribution in [0.3, 0.4) is 0 Å². The molecule has 0 aromatic carbocycles. The average molecular weight is 310 g/mol. The number of hydrogen-bond acceptors (Lipinski definition) is 4. The second kappa shape index (κ2) is 7.01. The summed E-state index contributed by atoms with van der Waals surface area (Å²) in [5.74, 6) is 2.48. The number of fused-ring (bicyclic) bond motifs is 1. The van der Waals surface area contributed by atoms with E-state index in [1.807, 2.05) is 17.6 Å². The summed E-state index contributed by atoms with van der Waals surface area (Å²) in [5, 5.41) is 3.72. The lowest BCUT2D eigenvalue weighted by atomic mass is 10.00. The van der Waals surface area contributed by atoms with E-state index in [0.717, 1.165) is 19.6 Å². The fourth-order valence-electron chi connectivity index (χ4n) is 2.81. The number of aryl methyl sites for hydroxylation is 1. The first-order valence-corrected chi connectivity index (χ1v) is 9.58. The Kier molecular flexibility index (Phi) is 5.08. The number of nitrogens with one attached hydrogen (secondary N) is 1. The molecule has 20 heavy (non-hydrogen) atoms. The van der Waals surface area contributed by atoms with Gasteiger partial charge in [0.05, 0.1) is 18.9 Å². The molecule has 1 aromatic heterocycles. The second-order valence-corrected chi connectivity index (χ2v) is 7.73. The summed E-state index contributed by atoms with van der Waals surface area (Å²) in [5.41, 5.74) is 3.00. The minimum atomic E-state index is 0.371. The monoisotopic (exact) mass is 309 g/mol. The summed E-state index contributed by atoms with van der Waals surface area (Å²) < 4.78 is 5.57. The Morgan fingerprint density at radius 2 is 2.35 bits per heavy atom. The zero-order valence-electron chi connectivity index (χ0n) is 12.1. The van der Waals surface area contributed by atoms with Gasteiger partial charge in [0.1, 0.15) is 0 Å². The molecule has 3 heterocycles. The maximum Gasteiger partial charge on any atom is 0.0876 e. The minimum absolute atomic E-state index is 0.371. The topological polar surface area (TPSA) is 21.3 Å². The Balaban J connectivity index is 1.83. The van der Waals surface area contributed by atoms with Crippen molar-refractivity contribution in [2.24, 2.45) is 0 Å². The van der Waals surface area contributed by atoms with E-state index in [1.54, 1.807) is 10.4 Å². The maximum atomic E-state index is 5.57. The van der Waals surface area contributed by atoms with Crippen LogP contribution in [0, 0.1) is 0 Å². The fourth-order valence-corrected chi connectivity index (χ4v) is 5.31. The quantitative estimate of drug-likeness (QED) is 0.877. The van der Waals surface area contributed by atoms with E-state index in [4.69, 9.17) is 4.74 Å². The Bertz CT molecular complexity index is 457. The summed E-state index contributed by atoms with van der Waals surface area (Å²) in [6.45, 7) is 4.17. The molecule has 0 saturated heterocycles. The van der Waals surface area contributed by atoms with Gasteiger partial charge in [-0.3, -0.25) is 0 Å². The van der Waals surface area contributed by atoms with Crippen molar-refractivity contribution < 1.29 is 4.74 Å². The number of ether oxygens (including phenoxy) is 1. The lowest BCUT2D eigenvalue weighted by Gasteiger charge is -2.23. The molecule has 2 aliphatic rings. The SMILES string of the molecule is CCCNC(C1=COCCC1)c1cc2c(s1)CCSC2. The van der Waals surface area contributed by atoms with E-state index in [2.05, 4.69) is 30.1 Å². The molecule has 2 nitrogen and oxygen atoms in total. The highest BCUT2D eigenvalue weighted by Gasteiger charge is 2.23. The van der Waals surface area contributed by atoms with Crippen molar-refractivity contribution in [3.05, 3.63) is 33.2 Å². The van der Waals surface area contributed by atoms with E-state index in [9.17, 15) is 0 Å². The number of thioether (sulfide) groups is 1. The van der Waals surface area contributed by atoms with E-state index in [0.29, 0.717) is 6.04 Å². The van der Waals surface area contributed by atoms with E-state index in [-0.39, 0.29) is 0 Å². The van der Waals surface area contributed by atoms with Crippen LogP contribution < -0.4 is 5.32 Å². The standard InChI is InChI=1S/C16H23NOS2/c1-2-6-17-16(12-4-3-7-18-10-12)15-9-13-11-19-8-5-14(13)20-15/h9-10,16-17H,2-8,11H2,1H3. The Labute approximate surface area is 130 Å². The third kappa shape index (κ3) is 3.23. The van der Waals surface area contributed by atoms with E-state index in [1.165, 1.54) is 41.2 Å². The van der Waals surface area contributed by atoms with E-state index < -0.39 is 0 Å². The molecule has 1 unspecified atom stereocenters. The largest absolute Gasteiger partial charge is 0.501 e. The highest BCUT2D eigenvalue weighted by atomic mass is 32.2. The normalized spacial score (nSPS) is 19.9. The van der Waals surface area contributed by atoms with Crippen molar-refractivity contribution >= 4 is 23.1 Å². The first-order valence-electron chi connectivity index (χ1n) is 7.61. The first-order chi connectivity index (χ1) is 9.88. The molecule has 1 aromatic rings. The molecule has 0 aliphatic carbocycles. The minimum Gasteiger partial charge on any atom is -0.501 e. The number of rotatable bonds is 5. The predicted octanol–water partition coefficient (Wildman–Crippen LogP) is 4.27. The van der Waals surface area contributed by atoms with Crippen LogP contribution in [0.4, 0.5) is 0 Å². The molecule has 0 bridgehead atoms. The molecule has 110 valence electrons. The molecule has 0 fully saturated rings. The van der Waals surface area contributed by atoms with Gasteiger partial charge >= 0.3 is 0 Å². The Morgan fingerprint density at radius 3 is 3.10 bits per heavy atom. The van der Waals surface area contributed by atoms with Crippen LogP contribution in [-0.4, -0.2) is 18.9 Å². The second-order valence-electron chi connectivity index (χ2n) is 5.45. The first kappa shape index (κ1) is 14.5. The predicted molar refractivity (Wildman–Crippen MR) is 88.5 cm³/mol. The van der Waals surface area contributed by atoms with Crippen LogP contribution in [0.5, 0.6) is 0 Å². The molecule has 1 N–H and O–H groups in total. The van der Waals surface area contributed by atoms with Gasteiger partial charge in [-0.15, -0.1) is 11.3 Å². The van der Waals surface area contributed by atoms with Crippen LogP contribution in [0.15, 0.2) is 17.9 Å². The van der Waals surface area contributed by atoms with Crippen molar-refractivity contribution in [3.63, 3.8) is 0 Å². The van der Waals surface area contributed by atoms with Gasteiger partial charge in [0.2, 0.25) is 0 Å². The molecular weight excluding hydrogens is 286 g/mol. The van der Waals surface area contributed by atoms with Gasteiger partial charge in [-0.1, -0.05) is 6.92 Å². The summed E-state index contributed by atoms with van der Waals surface area (Å²) >= 11 is 4.08. The van der Waals surface area contributed by atoms with Crippen molar-refractivity contribution in [1.29, 1.82) is 0 Å². The Morgan fingerprint density at radius 1 is 1.40 bits per heavy atom. The molecule has 4 heteroatoms. The highest BCUT2D eigenvalue weighted by Crippen LogP contribution is 2.38. The van der Waals surface area contributed by atoms with Crippen molar-refractivity contribution in [2.75, 3.05) is 18.9 Å². The molecule has 3 rings (SSSR count). The average Bonchev–Trinajstić information content (AvgIpc) is 2.92. The summed E-state index contributed by atoms with van der Waals surface area (Å²) in [4.78, 5) is 3.10. The zero-order chi connectivity index (χ0) is 13.8. The summed E-state index contributed by atoms with van der Waals surface area (Å²) in [6.07, 6.45) is 6.74. The van der Waals surface area contributed by atoms with Crippen molar-refractivity contribution in [1.82, 2.24) is 5.32 Å². The zero-order valence-corrected chi connectivity index (χ0v) is 13.7. The maximum absolute atomic E-state index is 5.57. The van der Waals surface area contributed by atoms with Crippen LogP contribution in [-0.2, 0) is 16.9 Å². The smallest absolute Gasteiger partial charge is 0.0876 e. The van der Waals surface area contributed by atoms with Crippen LogP contribution in [0.1, 0.15) is 47.5 Å². The van der Waals surface area contributed by atoms with Crippen molar-refractivity contribution in [2.45, 2.75) is 44.4 Å². The molecule has 2 aliphatic heterocycles. The third-order valence-corrected chi connectivity index (χ3v) is 6.17. The number of hydrogen-bond donors (Lipinski definition) is 1. The third-order valence-electron chi connectivity index (χ3n) is 3.86. The Hall–Kier alpha value is -0.450. The van der Waals surface area contributed by atoms with Crippen LogP contribution in [0.25, 0.3) is 0 Å². The molecule has 0 amide bonds. The molecule has 0 saturated carbocycles. The van der Waals surface area contributed by atoms with Crippen LogP contribution in [0.2, 0.25) is 0 Å². The molecule has 0 radical (unpaired) electrons. The summed E-state index contributed by atoms with van der Waals surface area (Å²) in [6, 6.07) is 2.81. The molecular formula is C16H23NOS2. The lowest BCUT2D eigenvalue weighted by Crippen LogP contribution is -2.24. The van der Waals surface area contributed by atoms with Crippen LogP contribution >= 0.6 is 23.1 Å². The van der Waals surface area contributed by atoms with Gasteiger partial charge < -0.3 is 10.1 Å². The number of thiophene rings is 1. The van der Waals surface area contributed by atoms with Gasteiger partial charge in [0, 0.05) is 15.5 Å². The molecule has 0 spiro atoms. The van der Waals surface area contributed by atoms with Gasteiger partial charge in [-0.2, -0.15) is 11.8 Å². The van der Waals surface area contributed by atoms with Crippen molar-refractivity contribution in [3.8, 4) is 0 Å². The van der Waals surface area contributed by atoms with E-state index >= 15 is 0 Å². The van der Waals surface area contributed by atoms with Gasteiger partial charge in [-0.05, 0) is 55.2 Å². The van der Waals surface area contributed by atoms with Gasteiger partial charge in [-0.25, -0.2) is 0 Å². The summed E-state index contributed by atoms with van der Waals surface area (Å²) in [7, 11) is 0. The lowest BCUT2D eigenvalue weighted by molar-refractivity contribution is 0.219.